The summed E-state index contributed by atoms with van der Waals surface area (Å²) in [4.78, 5) is 17.4. The van der Waals surface area contributed by atoms with E-state index in [0.717, 1.165) is 40.8 Å². The molecule has 1 amide bonds. The molecule has 3 aromatic carbocycles. The van der Waals surface area contributed by atoms with E-state index in [1.807, 2.05) is 55.4 Å². The molecule has 0 saturated carbocycles. The van der Waals surface area contributed by atoms with Crippen LogP contribution in [0.2, 0.25) is 0 Å². The molecule has 0 radical (unpaired) electrons. The zero-order valence-corrected chi connectivity index (χ0v) is 26.2. The zero-order valence-electron chi connectivity index (χ0n) is 26.2. The van der Waals surface area contributed by atoms with E-state index in [4.69, 9.17) is 33.2 Å². The summed E-state index contributed by atoms with van der Waals surface area (Å²) in [6.45, 7) is 2.65. The van der Waals surface area contributed by atoms with Crippen molar-refractivity contribution in [3.05, 3.63) is 59.2 Å². The maximum absolute atomic E-state index is 13.5. The third-order valence-electron chi connectivity index (χ3n) is 7.74. The highest BCUT2D eigenvalue weighted by atomic mass is 16.7. The molecule has 0 atom stereocenters. The molecule has 234 valence electrons. The molecule has 10 heteroatoms. The van der Waals surface area contributed by atoms with Crippen molar-refractivity contribution in [2.75, 3.05) is 69.0 Å². The van der Waals surface area contributed by atoms with Crippen LogP contribution in [0.3, 0.4) is 0 Å². The molecule has 0 unspecified atom stereocenters. The summed E-state index contributed by atoms with van der Waals surface area (Å²) in [6.07, 6.45) is 4.99. The highest BCUT2D eigenvalue weighted by molar-refractivity contribution is 5.92. The Morgan fingerprint density at radius 2 is 1.68 bits per heavy atom. The van der Waals surface area contributed by atoms with Crippen molar-refractivity contribution < 1.29 is 38.0 Å². The molecule has 44 heavy (non-hydrogen) atoms. The van der Waals surface area contributed by atoms with Crippen molar-refractivity contribution in [3.63, 3.8) is 0 Å². The van der Waals surface area contributed by atoms with Crippen molar-refractivity contribution in [2.45, 2.75) is 19.4 Å². The van der Waals surface area contributed by atoms with Gasteiger partial charge in [-0.05, 0) is 85.6 Å². The van der Waals surface area contributed by atoms with E-state index in [1.54, 1.807) is 40.6 Å². The predicted octanol–water partition coefficient (Wildman–Crippen LogP) is 5.05. The first-order chi connectivity index (χ1) is 21.4. The van der Waals surface area contributed by atoms with Gasteiger partial charge in [0, 0.05) is 31.3 Å². The topological polar surface area (TPSA) is 88.2 Å². The Hall–Kier alpha value is -4.57. The number of rotatable bonds is 12. The van der Waals surface area contributed by atoms with E-state index in [0.29, 0.717) is 66.4 Å². The molecule has 3 aromatic rings. The van der Waals surface area contributed by atoms with Gasteiger partial charge in [0.1, 0.15) is 0 Å². The number of fused-ring (bicyclic) bond motifs is 2. The second-order valence-electron chi connectivity index (χ2n) is 10.8. The second-order valence-corrected chi connectivity index (χ2v) is 10.8. The molecule has 0 saturated heterocycles. The number of nitrogens with zero attached hydrogens (tertiary/aromatic N) is 2. The van der Waals surface area contributed by atoms with Crippen LogP contribution in [0, 0.1) is 0 Å². The van der Waals surface area contributed by atoms with Crippen molar-refractivity contribution >= 4 is 12.0 Å². The fraction of sp³-hybridized carbons (Fsp3) is 0.382. The Bertz CT molecular complexity index is 1510. The molecule has 0 fully saturated rings. The van der Waals surface area contributed by atoms with E-state index in [-0.39, 0.29) is 12.7 Å². The summed E-state index contributed by atoms with van der Waals surface area (Å²) in [7, 11) is 10.4. The van der Waals surface area contributed by atoms with Crippen LogP contribution in [-0.2, 0) is 17.8 Å². The molecule has 2 heterocycles. The summed E-state index contributed by atoms with van der Waals surface area (Å²) in [5.74, 6) is 4.10. The zero-order chi connectivity index (χ0) is 31.2. The number of carbonyl (C=O) groups excluding carboxylic acids is 1. The molecular weight excluding hydrogens is 564 g/mol. The average molecular weight is 605 g/mol. The van der Waals surface area contributed by atoms with Crippen LogP contribution in [0.5, 0.6) is 40.2 Å². The van der Waals surface area contributed by atoms with Crippen LogP contribution in [0.25, 0.3) is 17.2 Å². The van der Waals surface area contributed by atoms with Crippen LogP contribution in [0.15, 0.2) is 42.5 Å². The van der Waals surface area contributed by atoms with Gasteiger partial charge in [-0.15, -0.1) is 0 Å². The fourth-order valence-corrected chi connectivity index (χ4v) is 5.52. The van der Waals surface area contributed by atoms with E-state index in [1.165, 1.54) is 0 Å². The molecule has 0 aromatic heterocycles. The summed E-state index contributed by atoms with van der Waals surface area (Å²) in [5.41, 5.74) is 4.61. The first-order valence-corrected chi connectivity index (χ1v) is 14.5. The largest absolute Gasteiger partial charge is 0.493 e. The molecule has 2 aliphatic heterocycles. The lowest BCUT2D eigenvalue weighted by atomic mass is 9.89. The van der Waals surface area contributed by atoms with Crippen molar-refractivity contribution in [2.24, 2.45) is 0 Å². The Balaban J connectivity index is 1.39. The van der Waals surface area contributed by atoms with E-state index >= 15 is 0 Å². The van der Waals surface area contributed by atoms with Gasteiger partial charge in [0.05, 0.1) is 35.0 Å². The lowest BCUT2D eigenvalue weighted by Crippen LogP contribution is -2.35. The molecule has 10 nitrogen and oxygen atoms in total. The van der Waals surface area contributed by atoms with Gasteiger partial charge < -0.3 is 43.0 Å². The highest BCUT2D eigenvalue weighted by Gasteiger charge is 2.31. The minimum atomic E-state index is -0.0906. The minimum absolute atomic E-state index is 0.0906. The normalized spacial score (nSPS) is 13.7. The molecule has 0 bridgehead atoms. The van der Waals surface area contributed by atoms with Gasteiger partial charge in [0.15, 0.2) is 34.5 Å². The predicted molar refractivity (Wildman–Crippen MR) is 167 cm³/mol. The number of methoxy groups -OCH3 is 4. The Morgan fingerprint density at radius 1 is 0.932 bits per heavy atom. The summed E-state index contributed by atoms with van der Waals surface area (Å²) >= 11 is 0. The molecule has 0 aliphatic carbocycles. The van der Waals surface area contributed by atoms with Gasteiger partial charge in [0.25, 0.3) is 0 Å². The SMILES string of the molecule is COc1cc(/C=C/C(=O)N2CCc3cc4c(c(-c5cc(OC)c(OC)c(OC)c5)c3C2)OCO4)ccc1OCCCN(C)C. The van der Waals surface area contributed by atoms with Gasteiger partial charge in [-0.1, -0.05) is 6.07 Å². The quantitative estimate of drug-likeness (QED) is 0.208. The van der Waals surface area contributed by atoms with Crippen molar-refractivity contribution in [3.8, 4) is 51.4 Å². The summed E-state index contributed by atoms with van der Waals surface area (Å²) < 4.78 is 40.0. The van der Waals surface area contributed by atoms with Gasteiger partial charge in [-0.2, -0.15) is 0 Å². The van der Waals surface area contributed by atoms with Gasteiger partial charge in [-0.25, -0.2) is 0 Å². The maximum Gasteiger partial charge on any atom is 0.246 e. The Kier molecular flexibility index (Phi) is 9.69. The average Bonchev–Trinajstić information content (AvgIpc) is 3.51. The standard InChI is InChI=1S/C34H40N2O8/c1-35(2)13-7-15-42-26-10-8-22(16-27(26)38-3)9-11-31(37)36-14-12-23-17-30-34(44-21-43-30)32(25(23)20-36)24-18-28(39-4)33(41-6)29(19-24)40-5/h8-11,16-19H,7,12-15,20-21H2,1-6H3/b11-9+. The van der Waals surface area contributed by atoms with E-state index in [2.05, 4.69) is 4.90 Å². The monoisotopic (exact) mass is 604 g/mol. The highest BCUT2D eigenvalue weighted by Crippen LogP contribution is 2.50. The number of benzene rings is 3. The van der Waals surface area contributed by atoms with Gasteiger partial charge in [0.2, 0.25) is 18.4 Å². The molecule has 0 spiro atoms. The lowest BCUT2D eigenvalue weighted by Gasteiger charge is -2.30. The van der Waals surface area contributed by atoms with Gasteiger partial charge >= 0.3 is 0 Å². The lowest BCUT2D eigenvalue weighted by molar-refractivity contribution is -0.126. The summed E-state index contributed by atoms with van der Waals surface area (Å²) in [5, 5.41) is 0. The van der Waals surface area contributed by atoms with Gasteiger partial charge in [-0.3, -0.25) is 4.79 Å². The number of hydrogen-bond acceptors (Lipinski definition) is 9. The van der Waals surface area contributed by atoms with E-state index < -0.39 is 0 Å². The maximum atomic E-state index is 13.5. The third kappa shape index (κ3) is 6.50. The van der Waals surface area contributed by atoms with Crippen molar-refractivity contribution in [1.82, 2.24) is 9.80 Å². The Labute approximate surface area is 258 Å². The van der Waals surface area contributed by atoms with Crippen LogP contribution in [0.4, 0.5) is 0 Å². The first-order valence-electron chi connectivity index (χ1n) is 14.5. The third-order valence-corrected chi connectivity index (χ3v) is 7.74. The molecule has 5 rings (SSSR count). The van der Waals surface area contributed by atoms with Crippen LogP contribution >= 0.6 is 0 Å². The molecule has 2 aliphatic rings. The second kappa shape index (κ2) is 13.8. The summed E-state index contributed by atoms with van der Waals surface area (Å²) in [6, 6.07) is 11.5. The van der Waals surface area contributed by atoms with E-state index in [9.17, 15) is 4.79 Å². The van der Waals surface area contributed by atoms with Crippen LogP contribution in [-0.4, -0.2) is 84.7 Å². The smallest absolute Gasteiger partial charge is 0.246 e. The first kappa shape index (κ1) is 30.9. The Morgan fingerprint density at radius 3 is 2.36 bits per heavy atom. The number of hydrogen-bond donors (Lipinski definition) is 0. The van der Waals surface area contributed by atoms with Crippen molar-refractivity contribution in [1.29, 1.82) is 0 Å². The van der Waals surface area contributed by atoms with Crippen LogP contribution in [0.1, 0.15) is 23.1 Å². The molecule has 0 N–H and O–H groups in total. The number of amides is 1. The fourth-order valence-electron chi connectivity index (χ4n) is 5.52. The van der Waals surface area contributed by atoms with Crippen LogP contribution < -0.4 is 33.2 Å². The minimum Gasteiger partial charge on any atom is -0.493 e. The number of ether oxygens (including phenoxy) is 7. The molecular formula is C34H40N2O8. The number of carbonyl (C=O) groups is 1.